The molecule has 0 bridgehead atoms. The average molecular weight is 234 g/mol. The fourth-order valence-corrected chi connectivity index (χ4v) is 1.54. The van der Waals surface area contributed by atoms with Crippen molar-refractivity contribution in [3.8, 4) is 5.75 Å². The van der Waals surface area contributed by atoms with Gasteiger partial charge in [-0.15, -0.1) is 0 Å². The summed E-state index contributed by atoms with van der Waals surface area (Å²) >= 11 is 6.07. The molecule has 0 saturated heterocycles. The van der Waals surface area contributed by atoms with E-state index in [-0.39, 0.29) is 0 Å². The Morgan fingerprint density at radius 1 is 1.19 bits per heavy atom. The first-order chi connectivity index (χ1) is 7.77. The second-order valence-electron chi connectivity index (χ2n) is 3.48. The van der Waals surface area contributed by atoms with Gasteiger partial charge >= 0.3 is 0 Å². The lowest BCUT2D eigenvalue weighted by atomic mass is 10.2. The van der Waals surface area contributed by atoms with Crippen molar-refractivity contribution in [1.29, 1.82) is 0 Å². The van der Waals surface area contributed by atoms with Gasteiger partial charge in [0.25, 0.3) is 0 Å². The van der Waals surface area contributed by atoms with E-state index in [1.807, 2.05) is 37.3 Å². The van der Waals surface area contributed by atoms with Crippen LogP contribution < -0.4 is 4.74 Å². The number of aromatic nitrogens is 1. The number of aryl methyl sites for hydroxylation is 1. The molecular weight excluding hydrogens is 222 g/mol. The molecule has 16 heavy (non-hydrogen) atoms. The Bertz CT molecular complexity index is 471. The Labute approximate surface area is 99.9 Å². The summed E-state index contributed by atoms with van der Waals surface area (Å²) < 4.78 is 5.63. The van der Waals surface area contributed by atoms with Crippen LogP contribution in [0.25, 0.3) is 0 Å². The van der Waals surface area contributed by atoms with Crippen molar-refractivity contribution in [2.24, 2.45) is 0 Å². The first kappa shape index (κ1) is 11.0. The lowest BCUT2D eigenvalue weighted by Crippen LogP contribution is -1.96. The standard InChI is InChI=1S/C13H12ClNO/c1-10-13(14)12(7-8-15-10)16-9-11-5-3-2-4-6-11/h2-8H,9H2,1H3. The minimum absolute atomic E-state index is 0.518. The quantitative estimate of drug-likeness (QED) is 0.808. The number of nitrogens with zero attached hydrogens (tertiary/aromatic N) is 1. The molecule has 0 aliphatic carbocycles. The van der Waals surface area contributed by atoms with E-state index in [1.54, 1.807) is 12.3 Å². The van der Waals surface area contributed by atoms with E-state index in [2.05, 4.69) is 4.98 Å². The van der Waals surface area contributed by atoms with Gasteiger partial charge in [0, 0.05) is 12.3 Å². The number of rotatable bonds is 3. The van der Waals surface area contributed by atoms with Crippen LogP contribution in [-0.2, 0) is 6.61 Å². The predicted molar refractivity (Wildman–Crippen MR) is 64.8 cm³/mol. The number of hydrogen-bond acceptors (Lipinski definition) is 2. The summed E-state index contributed by atoms with van der Waals surface area (Å²) in [6.07, 6.45) is 1.70. The fraction of sp³-hybridized carbons (Fsp3) is 0.154. The molecule has 0 unspecified atom stereocenters. The second-order valence-corrected chi connectivity index (χ2v) is 3.86. The Morgan fingerprint density at radius 2 is 1.94 bits per heavy atom. The van der Waals surface area contributed by atoms with Crippen molar-refractivity contribution >= 4 is 11.6 Å². The van der Waals surface area contributed by atoms with Crippen molar-refractivity contribution in [1.82, 2.24) is 4.98 Å². The zero-order valence-corrected chi connectivity index (χ0v) is 9.74. The zero-order chi connectivity index (χ0) is 11.4. The van der Waals surface area contributed by atoms with Gasteiger partial charge in [0.1, 0.15) is 17.4 Å². The summed E-state index contributed by atoms with van der Waals surface area (Å²) in [7, 11) is 0. The van der Waals surface area contributed by atoms with Gasteiger partial charge in [-0.25, -0.2) is 0 Å². The summed E-state index contributed by atoms with van der Waals surface area (Å²) in [6, 6.07) is 11.8. The highest BCUT2D eigenvalue weighted by molar-refractivity contribution is 6.32. The molecule has 0 fully saturated rings. The molecule has 2 nitrogen and oxygen atoms in total. The average Bonchev–Trinajstić information content (AvgIpc) is 2.32. The van der Waals surface area contributed by atoms with Crippen LogP contribution in [0.3, 0.4) is 0 Å². The number of benzene rings is 1. The smallest absolute Gasteiger partial charge is 0.141 e. The maximum atomic E-state index is 6.07. The zero-order valence-electron chi connectivity index (χ0n) is 8.98. The maximum Gasteiger partial charge on any atom is 0.141 e. The van der Waals surface area contributed by atoms with E-state index >= 15 is 0 Å². The van der Waals surface area contributed by atoms with Crippen molar-refractivity contribution in [3.05, 3.63) is 58.9 Å². The molecule has 1 aromatic carbocycles. The SMILES string of the molecule is Cc1nccc(OCc2ccccc2)c1Cl. The molecule has 0 atom stereocenters. The van der Waals surface area contributed by atoms with Crippen LogP contribution in [0.4, 0.5) is 0 Å². The Morgan fingerprint density at radius 3 is 2.69 bits per heavy atom. The molecular formula is C13H12ClNO. The van der Waals surface area contributed by atoms with E-state index in [1.165, 1.54) is 0 Å². The third-order valence-corrected chi connectivity index (χ3v) is 2.72. The van der Waals surface area contributed by atoms with Gasteiger partial charge in [0.2, 0.25) is 0 Å². The van der Waals surface area contributed by atoms with Gasteiger partial charge < -0.3 is 4.74 Å². The van der Waals surface area contributed by atoms with E-state index in [4.69, 9.17) is 16.3 Å². The summed E-state index contributed by atoms with van der Waals surface area (Å²) in [4.78, 5) is 4.08. The number of ether oxygens (including phenoxy) is 1. The van der Waals surface area contributed by atoms with Crippen LogP contribution in [0, 0.1) is 6.92 Å². The third-order valence-electron chi connectivity index (χ3n) is 2.27. The summed E-state index contributed by atoms with van der Waals surface area (Å²) in [5.41, 5.74) is 1.90. The maximum absolute atomic E-state index is 6.07. The number of halogens is 1. The molecule has 0 aliphatic rings. The van der Waals surface area contributed by atoms with Gasteiger partial charge in [-0.1, -0.05) is 41.9 Å². The van der Waals surface area contributed by atoms with Gasteiger partial charge in [-0.05, 0) is 12.5 Å². The van der Waals surface area contributed by atoms with Gasteiger partial charge in [-0.3, -0.25) is 4.98 Å². The van der Waals surface area contributed by atoms with Crippen molar-refractivity contribution in [2.45, 2.75) is 13.5 Å². The highest BCUT2D eigenvalue weighted by Crippen LogP contribution is 2.26. The fourth-order valence-electron chi connectivity index (χ4n) is 1.37. The number of hydrogen-bond donors (Lipinski definition) is 0. The van der Waals surface area contributed by atoms with Crippen LogP contribution in [-0.4, -0.2) is 4.98 Å². The molecule has 0 saturated carbocycles. The van der Waals surface area contributed by atoms with Gasteiger partial charge in [-0.2, -0.15) is 0 Å². The molecule has 0 N–H and O–H groups in total. The minimum atomic E-state index is 0.518. The van der Waals surface area contributed by atoms with E-state index < -0.39 is 0 Å². The van der Waals surface area contributed by atoms with E-state index in [0.717, 1.165) is 11.3 Å². The van der Waals surface area contributed by atoms with Crippen LogP contribution in [0.2, 0.25) is 5.02 Å². The topological polar surface area (TPSA) is 22.1 Å². The molecule has 0 radical (unpaired) electrons. The Hall–Kier alpha value is -1.54. The minimum Gasteiger partial charge on any atom is -0.487 e. The lowest BCUT2D eigenvalue weighted by Gasteiger charge is -2.08. The number of pyridine rings is 1. The van der Waals surface area contributed by atoms with Crippen molar-refractivity contribution < 1.29 is 4.74 Å². The molecule has 82 valence electrons. The molecule has 0 amide bonds. The van der Waals surface area contributed by atoms with Crippen LogP contribution in [0.5, 0.6) is 5.75 Å². The molecule has 1 heterocycles. The Kier molecular flexibility index (Phi) is 3.42. The predicted octanol–water partition coefficient (Wildman–Crippen LogP) is 3.62. The molecule has 2 aromatic rings. The highest BCUT2D eigenvalue weighted by Gasteiger charge is 2.04. The largest absolute Gasteiger partial charge is 0.487 e. The van der Waals surface area contributed by atoms with Crippen molar-refractivity contribution in [2.75, 3.05) is 0 Å². The van der Waals surface area contributed by atoms with Crippen molar-refractivity contribution in [3.63, 3.8) is 0 Å². The first-order valence-corrected chi connectivity index (χ1v) is 5.43. The van der Waals surface area contributed by atoms with Crippen LogP contribution >= 0.6 is 11.6 Å². The lowest BCUT2D eigenvalue weighted by molar-refractivity contribution is 0.306. The normalized spacial score (nSPS) is 10.1. The molecule has 3 heteroatoms. The van der Waals surface area contributed by atoms with E-state index in [9.17, 15) is 0 Å². The van der Waals surface area contributed by atoms with Crippen LogP contribution in [0.15, 0.2) is 42.6 Å². The summed E-state index contributed by atoms with van der Waals surface area (Å²) in [5.74, 6) is 0.679. The molecule has 0 spiro atoms. The van der Waals surface area contributed by atoms with Gasteiger partial charge in [0.15, 0.2) is 0 Å². The molecule has 1 aromatic heterocycles. The van der Waals surface area contributed by atoms with Crippen LogP contribution in [0.1, 0.15) is 11.3 Å². The van der Waals surface area contributed by atoms with Gasteiger partial charge in [0.05, 0.1) is 5.69 Å². The summed E-state index contributed by atoms with van der Waals surface area (Å²) in [6.45, 7) is 2.38. The monoisotopic (exact) mass is 233 g/mol. The highest BCUT2D eigenvalue weighted by atomic mass is 35.5. The second kappa shape index (κ2) is 4.99. The third kappa shape index (κ3) is 2.52. The Balaban J connectivity index is 2.08. The van der Waals surface area contributed by atoms with E-state index in [0.29, 0.717) is 17.4 Å². The first-order valence-electron chi connectivity index (χ1n) is 5.05. The molecule has 0 aliphatic heterocycles. The molecule has 2 rings (SSSR count). The summed E-state index contributed by atoms with van der Waals surface area (Å²) in [5, 5.41) is 0.582.